The first-order valence-corrected chi connectivity index (χ1v) is 6.42. The predicted octanol–water partition coefficient (Wildman–Crippen LogP) is 0.913. The molecule has 18 heavy (non-hydrogen) atoms. The van der Waals surface area contributed by atoms with Gasteiger partial charge in [0.15, 0.2) is 0 Å². The molecule has 1 aromatic heterocycles. The fourth-order valence-corrected chi connectivity index (χ4v) is 2.06. The molecule has 5 heteroatoms. The molecule has 0 spiro atoms. The second-order valence-electron chi connectivity index (χ2n) is 4.61. The molecule has 1 unspecified atom stereocenters. The first kappa shape index (κ1) is 13.1. The zero-order valence-corrected chi connectivity index (χ0v) is 10.6. The van der Waals surface area contributed by atoms with Gasteiger partial charge < -0.3 is 14.8 Å². The lowest BCUT2D eigenvalue weighted by Crippen LogP contribution is -2.40. The average molecular weight is 252 g/mol. The molecule has 1 aliphatic rings. The summed E-state index contributed by atoms with van der Waals surface area (Å²) in [5.41, 5.74) is 0. The molecule has 0 aromatic carbocycles. The van der Waals surface area contributed by atoms with E-state index in [0.29, 0.717) is 18.3 Å². The SMILES string of the molecule is CCN(CC(=O)NC(CO)c1ccco1)C1CC1. The summed E-state index contributed by atoms with van der Waals surface area (Å²) < 4.78 is 5.19. The highest BCUT2D eigenvalue weighted by molar-refractivity contribution is 5.78. The number of nitrogens with zero attached hydrogens (tertiary/aromatic N) is 1. The zero-order valence-electron chi connectivity index (χ0n) is 10.6. The third-order valence-electron chi connectivity index (χ3n) is 3.22. The van der Waals surface area contributed by atoms with Crippen molar-refractivity contribution in [2.45, 2.75) is 31.8 Å². The molecule has 1 atom stereocenters. The number of nitrogens with one attached hydrogen (secondary N) is 1. The van der Waals surface area contributed by atoms with Gasteiger partial charge in [-0.15, -0.1) is 0 Å². The summed E-state index contributed by atoms with van der Waals surface area (Å²) in [6, 6.07) is 3.61. The molecule has 1 aromatic rings. The molecule has 0 saturated heterocycles. The minimum absolute atomic E-state index is 0.0702. The van der Waals surface area contributed by atoms with Crippen LogP contribution in [0.15, 0.2) is 22.8 Å². The smallest absolute Gasteiger partial charge is 0.234 e. The molecule has 1 fully saturated rings. The van der Waals surface area contributed by atoms with Crippen LogP contribution in [-0.2, 0) is 4.79 Å². The normalized spacial score (nSPS) is 16.8. The number of amides is 1. The summed E-state index contributed by atoms with van der Waals surface area (Å²) >= 11 is 0. The van der Waals surface area contributed by atoms with E-state index >= 15 is 0 Å². The third kappa shape index (κ3) is 3.34. The van der Waals surface area contributed by atoms with Gasteiger partial charge in [-0.05, 0) is 31.5 Å². The van der Waals surface area contributed by atoms with Crippen LogP contribution in [0.2, 0.25) is 0 Å². The molecule has 2 N–H and O–H groups in total. The number of aliphatic hydroxyl groups is 1. The molecule has 0 bridgehead atoms. The van der Waals surface area contributed by atoms with E-state index in [2.05, 4.69) is 17.1 Å². The van der Waals surface area contributed by atoms with Crippen LogP contribution in [0.1, 0.15) is 31.6 Å². The summed E-state index contributed by atoms with van der Waals surface area (Å²) in [5, 5.41) is 12.1. The Bertz CT molecular complexity index is 374. The van der Waals surface area contributed by atoms with Gasteiger partial charge >= 0.3 is 0 Å². The maximum atomic E-state index is 11.9. The maximum absolute atomic E-state index is 11.9. The number of hydrogen-bond acceptors (Lipinski definition) is 4. The van der Waals surface area contributed by atoms with E-state index < -0.39 is 6.04 Å². The highest BCUT2D eigenvalue weighted by atomic mass is 16.3. The Morgan fingerprint density at radius 2 is 2.44 bits per heavy atom. The topological polar surface area (TPSA) is 65.7 Å². The monoisotopic (exact) mass is 252 g/mol. The summed E-state index contributed by atoms with van der Waals surface area (Å²) in [6.45, 7) is 3.16. The van der Waals surface area contributed by atoms with Crippen LogP contribution < -0.4 is 5.32 Å². The fourth-order valence-electron chi connectivity index (χ4n) is 2.06. The minimum atomic E-state index is -0.453. The van der Waals surface area contributed by atoms with Crippen LogP contribution in [0, 0.1) is 0 Å². The first-order valence-electron chi connectivity index (χ1n) is 6.42. The number of carbonyl (C=O) groups excluding carboxylic acids is 1. The number of carbonyl (C=O) groups is 1. The molecule has 1 amide bonds. The number of furan rings is 1. The molecule has 0 aliphatic heterocycles. The van der Waals surface area contributed by atoms with Gasteiger partial charge in [-0.2, -0.15) is 0 Å². The van der Waals surface area contributed by atoms with Gasteiger partial charge in [0.2, 0.25) is 5.91 Å². The Morgan fingerprint density at radius 3 is 2.94 bits per heavy atom. The summed E-state index contributed by atoms with van der Waals surface area (Å²) in [5.74, 6) is 0.513. The van der Waals surface area contributed by atoms with Crippen LogP contribution in [0.4, 0.5) is 0 Å². The predicted molar refractivity (Wildman–Crippen MR) is 66.9 cm³/mol. The van der Waals surface area contributed by atoms with Crippen molar-refractivity contribution in [1.29, 1.82) is 0 Å². The lowest BCUT2D eigenvalue weighted by Gasteiger charge is -2.21. The van der Waals surface area contributed by atoms with E-state index in [1.807, 2.05) is 0 Å². The number of hydrogen-bond donors (Lipinski definition) is 2. The van der Waals surface area contributed by atoms with Crippen LogP contribution in [0.5, 0.6) is 0 Å². The van der Waals surface area contributed by atoms with Gasteiger partial charge in [0.25, 0.3) is 0 Å². The van der Waals surface area contributed by atoms with Crippen LogP contribution in [-0.4, -0.2) is 41.7 Å². The average Bonchev–Trinajstić information content (AvgIpc) is 3.08. The molecule has 100 valence electrons. The van der Waals surface area contributed by atoms with E-state index in [4.69, 9.17) is 4.42 Å². The van der Waals surface area contributed by atoms with Crippen molar-refractivity contribution in [1.82, 2.24) is 10.2 Å². The quantitative estimate of drug-likeness (QED) is 0.757. The molecule has 5 nitrogen and oxygen atoms in total. The second-order valence-corrected chi connectivity index (χ2v) is 4.61. The molecular formula is C13H20N2O3. The van der Waals surface area contributed by atoms with E-state index in [0.717, 1.165) is 6.54 Å². The Hall–Kier alpha value is -1.33. The number of rotatable bonds is 7. The van der Waals surface area contributed by atoms with Gasteiger partial charge in [-0.25, -0.2) is 0 Å². The lowest BCUT2D eigenvalue weighted by molar-refractivity contribution is -0.123. The Labute approximate surface area is 107 Å². The van der Waals surface area contributed by atoms with Crippen molar-refractivity contribution in [2.24, 2.45) is 0 Å². The third-order valence-corrected chi connectivity index (χ3v) is 3.22. The van der Waals surface area contributed by atoms with Gasteiger partial charge in [-0.3, -0.25) is 9.69 Å². The highest BCUT2D eigenvalue weighted by Gasteiger charge is 2.29. The largest absolute Gasteiger partial charge is 0.467 e. The Morgan fingerprint density at radius 1 is 1.67 bits per heavy atom. The number of likely N-dealkylation sites (N-methyl/N-ethyl adjacent to an activating group) is 1. The van der Waals surface area contributed by atoms with Crippen molar-refractivity contribution in [3.63, 3.8) is 0 Å². The van der Waals surface area contributed by atoms with E-state index in [-0.39, 0.29) is 12.5 Å². The molecular weight excluding hydrogens is 232 g/mol. The van der Waals surface area contributed by atoms with Gasteiger partial charge in [0, 0.05) is 6.04 Å². The Kier molecular flexibility index (Phi) is 4.38. The van der Waals surface area contributed by atoms with Crippen LogP contribution >= 0.6 is 0 Å². The second kappa shape index (κ2) is 6.02. The molecule has 1 saturated carbocycles. The Balaban J connectivity index is 1.85. The standard InChI is InChI=1S/C13H20N2O3/c1-2-15(10-5-6-10)8-13(17)14-11(9-16)12-4-3-7-18-12/h3-4,7,10-11,16H,2,5-6,8-9H2,1H3,(H,14,17). The molecule has 1 aliphatic carbocycles. The van der Waals surface area contributed by atoms with E-state index in [1.165, 1.54) is 19.1 Å². The van der Waals surface area contributed by atoms with Gasteiger partial charge in [-0.1, -0.05) is 6.92 Å². The lowest BCUT2D eigenvalue weighted by atomic mass is 10.2. The highest BCUT2D eigenvalue weighted by Crippen LogP contribution is 2.26. The molecule has 0 radical (unpaired) electrons. The minimum Gasteiger partial charge on any atom is -0.467 e. The van der Waals surface area contributed by atoms with Crippen molar-refractivity contribution in [2.75, 3.05) is 19.7 Å². The van der Waals surface area contributed by atoms with Gasteiger partial charge in [0.1, 0.15) is 11.8 Å². The van der Waals surface area contributed by atoms with Crippen LogP contribution in [0.3, 0.4) is 0 Å². The zero-order chi connectivity index (χ0) is 13.0. The van der Waals surface area contributed by atoms with E-state index in [9.17, 15) is 9.90 Å². The van der Waals surface area contributed by atoms with Crippen molar-refractivity contribution < 1.29 is 14.3 Å². The number of aliphatic hydroxyl groups excluding tert-OH is 1. The molecule has 1 heterocycles. The van der Waals surface area contributed by atoms with Crippen molar-refractivity contribution in [3.05, 3.63) is 24.2 Å². The van der Waals surface area contributed by atoms with Gasteiger partial charge in [0.05, 0.1) is 19.4 Å². The fraction of sp³-hybridized carbons (Fsp3) is 0.615. The summed E-state index contributed by atoms with van der Waals surface area (Å²) in [7, 11) is 0. The van der Waals surface area contributed by atoms with Crippen molar-refractivity contribution >= 4 is 5.91 Å². The first-order chi connectivity index (χ1) is 8.74. The maximum Gasteiger partial charge on any atom is 0.234 e. The van der Waals surface area contributed by atoms with E-state index in [1.54, 1.807) is 12.1 Å². The molecule has 2 rings (SSSR count). The van der Waals surface area contributed by atoms with Crippen molar-refractivity contribution in [3.8, 4) is 0 Å². The summed E-state index contributed by atoms with van der Waals surface area (Å²) in [6.07, 6.45) is 3.90. The summed E-state index contributed by atoms with van der Waals surface area (Å²) in [4.78, 5) is 14.1. The van der Waals surface area contributed by atoms with Crippen LogP contribution in [0.25, 0.3) is 0 Å².